The molecule has 4 heterocycles. The Morgan fingerprint density at radius 3 is 2.77 bits per heavy atom. The molecule has 146 valence electrons. The third-order valence-corrected chi connectivity index (χ3v) is 5.30. The molecular weight excluding hydrogens is 406 g/mol. The lowest BCUT2D eigenvalue weighted by molar-refractivity contribution is -0.384. The number of hydrogen-bond acceptors (Lipinski definition) is 8. The first kappa shape index (κ1) is 17.9. The van der Waals surface area contributed by atoms with Crippen LogP contribution in [0.25, 0.3) is 33.7 Å². The molecule has 0 atom stereocenters. The number of thiazole rings is 1. The zero-order chi connectivity index (χ0) is 20.7. The summed E-state index contributed by atoms with van der Waals surface area (Å²) in [4.78, 5) is 32.1. The normalized spacial score (nSPS) is 11.9. The number of aromatic nitrogens is 4. The molecule has 0 aliphatic heterocycles. The highest BCUT2D eigenvalue weighted by Gasteiger charge is 2.13. The summed E-state index contributed by atoms with van der Waals surface area (Å²) in [5.74, 6) is 1.35. The smallest absolute Gasteiger partial charge is 0.291 e. The van der Waals surface area contributed by atoms with E-state index in [-0.39, 0.29) is 11.2 Å². The first-order chi connectivity index (χ1) is 14.6. The van der Waals surface area contributed by atoms with Crippen molar-refractivity contribution in [3.63, 3.8) is 0 Å². The van der Waals surface area contributed by atoms with Crippen molar-refractivity contribution in [3.8, 4) is 22.7 Å². The Hall–Kier alpha value is -4.18. The van der Waals surface area contributed by atoms with E-state index in [4.69, 9.17) is 4.42 Å². The molecule has 30 heavy (non-hydrogen) atoms. The number of nitro groups is 1. The summed E-state index contributed by atoms with van der Waals surface area (Å²) in [6, 6.07) is 13.2. The van der Waals surface area contributed by atoms with Gasteiger partial charge in [0.25, 0.3) is 11.2 Å². The molecule has 4 aromatic heterocycles. The number of rotatable bonds is 4. The minimum Gasteiger partial charge on any atom is -0.457 e. The summed E-state index contributed by atoms with van der Waals surface area (Å²) in [7, 11) is 0. The molecule has 5 rings (SSSR count). The van der Waals surface area contributed by atoms with E-state index in [2.05, 4.69) is 15.1 Å². The van der Waals surface area contributed by atoms with Crippen LogP contribution in [0.4, 0.5) is 5.69 Å². The highest BCUT2D eigenvalue weighted by Crippen LogP contribution is 2.26. The number of non-ortho nitro benzene ring substituents is 1. The van der Waals surface area contributed by atoms with Crippen LogP contribution in [-0.2, 0) is 0 Å². The number of furan rings is 1. The van der Waals surface area contributed by atoms with E-state index in [9.17, 15) is 14.9 Å². The molecule has 5 aromatic rings. The predicted octanol–water partition coefficient (Wildman–Crippen LogP) is 2.93. The van der Waals surface area contributed by atoms with Gasteiger partial charge in [-0.3, -0.25) is 19.9 Å². The second-order valence-electron chi connectivity index (χ2n) is 6.30. The molecule has 0 saturated heterocycles. The van der Waals surface area contributed by atoms with Gasteiger partial charge in [0, 0.05) is 41.7 Å². The average molecular weight is 417 g/mol. The van der Waals surface area contributed by atoms with Gasteiger partial charge < -0.3 is 4.42 Å². The van der Waals surface area contributed by atoms with Crippen molar-refractivity contribution in [2.24, 2.45) is 0 Å². The van der Waals surface area contributed by atoms with Crippen LogP contribution >= 0.6 is 11.3 Å². The minimum absolute atomic E-state index is 0.0220. The standard InChI is InChI=1S/C20H11N5O4S/c26-19-17(30-20-22-18(23-24(19)20)13-4-2-8-21-11-13)10-15-6-7-16(29-15)12-3-1-5-14(9-12)25(27)28/h1-11H/b17-10-. The molecule has 0 aliphatic carbocycles. The number of pyridine rings is 1. The van der Waals surface area contributed by atoms with Crippen molar-refractivity contribution < 1.29 is 9.34 Å². The summed E-state index contributed by atoms with van der Waals surface area (Å²) in [6.07, 6.45) is 4.89. The molecular formula is C20H11N5O4S. The number of nitro benzene ring substituents is 1. The van der Waals surface area contributed by atoms with Gasteiger partial charge in [-0.05, 0) is 24.3 Å². The Kier molecular flexibility index (Phi) is 4.18. The Balaban J connectivity index is 1.51. The van der Waals surface area contributed by atoms with Gasteiger partial charge in [-0.2, -0.15) is 9.50 Å². The van der Waals surface area contributed by atoms with Gasteiger partial charge >= 0.3 is 0 Å². The van der Waals surface area contributed by atoms with E-state index in [1.807, 2.05) is 6.07 Å². The van der Waals surface area contributed by atoms with E-state index in [1.54, 1.807) is 48.8 Å². The Labute approximate surface area is 171 Å². The van der Waals surface area contributed by atoms with Crippen molar-refractivity contribution in [1.29, 1.82) is 0 Å². The van der Waals surface area contributed by atoms with Crippen molar-refractivity contribution in [1.82, 2.24) is 19.6 Å². The fourth-order valence-corrected chi connectivity index (χ4v) is 3.83. The Bertz CT molecular complexity index is 1500. The third kappa shape index (κ3) is 3.14. The highest BCUT2D eigenvalue weighted by molar-refractivity contribution is 7.15. The van der Waals surface area contributed by atoms with Gasteiger partial charge in [-0.15, -0.1) is 5.10 Å². The maximum absolute atomic E-state index is 12.7. The lowest BCUT2D eigenvalue weighted by atomic mass is 10.1. The minimum atomic E-state index is -0.461. The second-order valence-corrected chi connectivity index (χ2v) is 7.31. The lowest BCUT2D eigenvalue weighted by Gasteiger charge is -1.96. The molecule has 0 saturated carbocycles. The van der Waals surface area contributed by atoms with Crippen LogP contribution in [0.5, 0.6) is 0 Å². The fourth-order valence-electron chi connectivity index (χ4n) is 2.94. The van der Waals surface area contributed by atoms with Gasteiger partial charge in [0.05, 0.1) is 4.92 Å². The van der Waals surface area contributed by atoms with E-state index >= 15 is 0 Å². The van der Waals surface area contributed by atoms with Gasteiger partial charge in [0.15, 0.2) is 5.82 Å². The van der Waals surface area contributed by atoms with Crippen LogP contribution < -0.4 is 10.1 Å². The number of nitrogens with zero attached hydrogens (tertiary/aromatic N) is 5. The number of benzene rings is 1. The molecule has 10 heteroatoms. The summed E-state index contributed by atoms with van der Waals surface area (Å²) in [5.41, 5.74) is 0.984. The molecule has 0 unspecified atom stereocenters. The average Bonchev–Trinajstić information content (AvgIpc) is 3.47. The zero-order valence-electron chi connectivity index (χ0n) is 15.1. The Morgan fingerprint density at radius 1 is 1.13 bits per heavy atom. The van der Waals surface area contributed by atoms with Crippen molar-refractivity contribution in [2.45, 2.75) is 0 Å². The fraction of sp³-hybridized carbons (Fsp3) is 0. The SMILES string of the molecule is O=c1/c(=C/c2ccc(-c3cccc([N+](=O)[O-])c3)o2)sc2nc(-c3cccnc3)nn12. The van der Waals surface area contributed by atoms with Crippen molar-refractivity contribution in [3.05, 3.63) is 91.7 Å². The van der Waals surface area contributed by atoms with E-state index in [1.165, 1.54) is 28.0 Å². The number of hydrogen-bond donors (Lipinski definition) is 0. The van der Waals surface area contributed by atoms with Crippen LogP contribution in [0.2, 0.25) is 0 Å². The van der Waals surface area contributed by atoms with Gasteiger partial charge in [-0.1, -0.05) is 23.5 Å². The molecule has 0 bridgehead atoms. The zero-order valence-corrected chi connectivity index (χ0v) is 15.9. The molecule has 9 nitrogen and oxygen atoms in total. The summed E-state index contributed by atoms with van der Waals surface area (Å²) in [5, 5.41) is 15.2. The van der Waals surface area contributed by atoms with Gasteiger partial charge in [-0.25, -0.2) is 0 Å². The molecule has 0 radical (unpaired) electrons. The van der Waals surface area contributed by atoms with Crippen LogP contribution in [-0.4, -0.2) is 24.5 Å². The molecule has 0 amide bonds. The van der Waals surface area contributed by atoms with Crippen LogP contribution in [0.1, 0.15) is 5.76 Å². The van der Waals surface area contributed by atoms with E-state index < -0.39 is 4.92 Å². The first-order valence-corrected chi connectivity index (χ1v) is 9.56. The van der Waals surface area contributed by atoms with Crippen molar-refractivity contribution in [2.75, 3.05) is 0 Å². The second kappa shape index (κ2) is 7.01. The summed E-state index contributed by atoms with van der Waals surface area (Å²) < 4.78 is 7.43. The maximum atomic E-state index is 12.7. The predicted molar refractivity (Wildman–Crippen MR) is 110 cm³/mol. The molecule has 0 N–H and O–H groups in total. The maximum Gasteiger partial charge on any atom is 0.291 e. The first-order valence-electron chi connectivity index (χ1n) is 8.75. The van der Waals surface area contributed by atoms with Crippen molar-refractivity contribution >= 4 is 28.1 Å². The molecule has 0 spiro atoms. The Morgan fingerprint density at radius 2 is 2.00 bits per heavy atom. The third-order valence-electron chi connectivity index (χ3n) is 4.34. The highest BCUT2D eigenvalue weighted by atomic mass is 32.1. The summed E-state index contributed by atoms with van der Waals surface area (Å²) >= 11 is 1.20. The van der Waals surface area contributed by atoms with E-state index in [0.717, 1.165) is 5.56 Å². The summed E-state index contributed by atoms with van der Waals surface area (Å²) in [6.45, 7) is 0. The van der Waals surface area contributed by atoms with E-state index in [0.29, 0.717) is 32.4 Å². The van der Waals surface area contributed by atoms with Gasteiger partial charge in [0.1, 0.15) is 16.1 Å². The van der Waals surface area contributed by atoms with Crippen LogP contribution in [0, 0.1) is 10.1 Å². The van der Waals surface area contributed by atoms with Crippen LogP contribution in [0.3, 0.4) is 0 Å². The van der Waals surface area contributed by atoms with Gasteiger partial charge in [0.2, 0.25) is 4.96 Å². The molecule has 0 fully saturated rings. The quantitative estimate of drug-likeness (QED) is 0.326. The molecule has 1 aromatic carbocycles. The largest absolute Gasteiger partial charge is 0.457 e. The topological polar surface area (TPSA) is 116 Å². The van der Waals surface area contributed by atoms with Crippen LogP contribution in [0.15, 0.2) is 70.1 Å². The molecule has 0 aliphatic rings. The lowest BCUT2D eigenvalue weighted by Crippen LogP contribution is -2.23. The number of fused-ring (bicyclic) bond motifs is 1. The monoisotopic (exact) mass is 417 g/mol.